The van der Waals surface area contributed by atoms with Crippen molar-refractivity contribution in [3.05, 3.63) is 12.7 Å². The maximum atomic E-state index is 5.07. The Kier molecular flexibility index (Phi) is 4.24. The van der Waals surface area contributed by atoms with Crippen LogP contribution in [0, 0.1) is 0 Å². The van der Waals surface area contributed by atoms with Crippen LogP contribution in [0.4, 0.5) is 0 Å². The highest BCUT2D eigenvalue weighted by molar-refractivity contribution is 7.80. The van der Waals surface area contributed by atoms with Crippen LogP contribution in [-0.4, -0.2) is 16.7 Å². The van der Waals surface area contributed by atoms with Crippen LogP contribution in [0.15, 0.2) is 12.7 Å². The average molecular weight is 186 g/mol. The van der Waals surface area contributed by atoms with Crippen LogP contribution in [0.2, 0.25) is 0 Å². The Labute approximate surface area is 80.4 Å². The fraction of sp³-hybridized carbons (Fsp3) is 0.667. The minimum absolute atomic E-state index is 0.0188. The van der Waals surface area contributed by atoms with Gasteiger partial charge >= 0.3 is 0 Å². The molecule has 3 heteroatoms. The van der Waals surface area contributed by atoms with Crippen LogP contribution in [0.1, 0.15) is 27.7 Å². The first kappa shape index (κ1) is 11.4. The Morgan fingerprint density at radius 3 is 2.33 bits per heavy atom. The van der Waals surface area contributed by atoms with Gasteiger partial charge in [-0.05, 0) is 39.9 Å². The van der Waals surface area contributed by atoms with Crippen LogP contribution in [0.5, 0.6) is 0 Å². The van der Waals surface area contributed by atoms with Gasteiger partial charge in [0.05, 0.1) is 0 Å². The molecule has 0 spiro atoms. The molecule has 0 heterocycles. The van der Waals surface area contributed by atoms with Crippen molar-refractivity contribution in [1.29, 1.82) is 0 Å². The highest BCUT2D eigenvalue weighted by atomic mass is 32.1. The third kappa shape index (κ3) is 6.16. The Morgan fingerprint density at radius 2 is 2.00 bits per heavy atom. The Bertz CT molecular complexity index is 170. The lowest BCUT2D eigenvalue weighted by atomic mass is 10.1. The lowest BCUT2D eigenvalue weighted by Crippen LogP contribution is -2.48. The topological polar surface area (TPSA) is 24.1 Å². The summed E-state index contributed by atoms with van der Waals surface area (Å²) in [7, 11) is 0. The van der Waals surface area contributed by atoms with Gasteiger partial charge in [0, 0.05) is 11.6 Å². The number of thiocarbonyl (C=S) groups is 1. The molecule has 0 aromatic heterocycles. The summed E-state index contributed by atoms with van der Waals surface area (Å²) in [4.78, 5) is 0. The van der Waals surface area contributed by atoms with Crippen molar-refractivity contribution in [2.75, 3.05) is 0 Å². The molecule has 2 N–H and O–H groups in total. The molecule has 2 nitrogen and oxygen atoms in total. The van der Waals surface area contributed by atoms with Crippen molar-refractivity contribution in [3.8, 4) is 0 Å². The molecule has 0 bridgehead atoms. The highest BCUT2D eigenvalue weighted by Gasteiger charge is 2.11. The second-order valence-corrected chi connectivity index (χ2v) is 4.28. The summed E-state index contributed by atoms with van der Waals surface area (Å²) in [5.41, 5.74) is 0.0188. The summed E-state index contributed by atoms with van der Waals surface area (Å²) < 4.78 is 0. The number of hydrogen-bond donors (Lipinski definition) is 2. The maximum absolute atomic E-state index is 5.07. The predicted octanol–water partition coefficient (Wildman–Crippen LogP) is 1.82. The summed E-state index contributed by atoms with van der Waals surface area (Å²) in [5.74, 6) is 0. The largest absolute Gasteiger partial charge is 0.358 e. The van der Waals surface area contributed by atoms with Gasteiger partial charge in [0.15, 0.2) is 5.11 Å². The second-order valence-electron chi connectivity index (χ2n) is 3.87. The average Bonchev–Trinajstić information content (AvgIpc) is 1.82. The fourth-order valence-electron chi connectivity index (χ4n) is 0.642. The van der Waals surface area contributed by atoms with E-state index in [1.54, 1.807) is 0 Å². The van der Waals surface area contributed by atoms with Gasteiger partial charge in [-0.2, -0.15) is 0 Å². The molecule has 0 aliphatic heterocycles. The zero-order valence-corrected chi connectivity index (χ0v) is 9.09. The zero-order valence-electron chi connectivity index (χ0n) is 8.27. The van der Waals surface area contributed by atoms with E-state index >= 15 is 0 Å². The molecule has 12 heavy (non-hydrogen) atoms. The van der Waals surface area contributed by atoms with Gasteiger partial charge in [-0.3, -0.25) is 0 Å². The minimum Gasteiger partial charge on any atom is -0.358 e. The number of rotatable bonds is 2. The van der Waals surface area contributed by atoms with E-state index < -0.39 is 0 Å². The zero-order chi connectivity index (χ0) is 9.78. The van der Waals surface area contributed by atoms with Crippen molar-refractivity contribution in [1.82, 2.24) is 10.6 Å². The summed E-state index contributed by atoms with van der Waals surface area (Å²) in [6, 6.07) is 0.215. The van der Waals surface area contributed by atoms with Gasteiger partial charge in [-0.1, -0.05) is 6.08 Å². The SMILES string of the molecule is C=CC(C)NC(=S)NC(C)(C)C. The summed E-state index contributed by atoms with van der Waals surface area (Å²) in [5, 5.41) is 6.92. The maximum Gasteiger partial charge on any atom is 0.167 e. The molecule has 1 atom stereocenters. The first-order chi connectivity index (χ1) is 5.35. The van der Waals surface area contributed by atoms with Crippen molar-refractivity contribution in [2.24, 2.45) is 0 Å². The van der Waals surface area contributed by atoms with Gasteiger partial charge in [0.1, 0.15) is 0 Å². The fourth-order valence-corrected chi connectivity index (χ4v) is 1.13. The van der Waals surface area contributed by atoms with E-state index in [4.69, 9.17) is 12.2 Å². The van der Waals surface area contributed by atoms with Crippen molar-refractivity contribution in [3.63, 3.8) is 0 Å². The van der Waals surface area contributed by atoms with Crippen molar-refractivity contribution < 1.29 is 0 Å². The second kappa shape index (κ2) is 4.45. The Morgan fingerprint density at radius 1 is 1.50 bits per heavy atom. The first-order valence-corrected chi connectivity index (χ1v) is 4.47. The predicted molar refractivity (Wildman–Crippen MR) is 58.3 cm³/mol. The van der Waals surface area contributed by atoms with E-state index in [-0.39, 0.29) is 11.6 Å². The molecule has 0 saturated carbocycles. The van der Waals surface area contributed by atoms with E-state index in [0.29, 0.717) is 5.11 Å². The molecule has 0 aliphatic carbocycles. The van der Waals surface area contributed by atoms with Gasteiger partial charge in [0.2, 0.25) is 0 Å². The van der Waals surface area contributed by atoms with E-state index in [2.05, 4.69) is 38.0 Å². The van der Waals surface area contributed by atoms with Gasteiger partial charge in [0.25, 0.3) is 0 Å². The Hall–Kier alpha value is -0.570. The monoisotopic (exact) mass is 186 g/mol. The van der Waals surface area contributed by atoms with E-state index in [1.807, 2.05) is 13.0 Å². The number of nitrogens with one attached hydrogen (secondary N) is 2. The standard InChI is InChI=1S/C9H18N2S/c1-6-7(2)10-8(12)11-9(3,4)5/h6-7H,1H2,2-5H3,(H2,10,11,12). The van der Waals surface area contributed by atoms with Crippen LogP contribution in [0.25, 0.3) is 0 Å². The lowest BCUT2D eigenvalue weighted by molar-refractivity contribution is 0.505. The van der Waals surface area contributed by atoms with Gasteiger partial charge in [-0.25, -0.2) is 0 Å². The smallest absolute Gasteiger partial charge is 0.167 e. The third-order valence-corrected chi connectivity index (χ3v) is 1.42. The van der Waals surface area contributed by atoms with E-state index in [9.17, 15) is 0 Å². The van der Waals surface area contributed by atoms with Gasteiger partial charge < -0.3 is 10.6 Å². The summed E-state index contributed by atoms with van der Waals surface area (Å²) >= 11 is 5.07. The molecule has 70 valence electrons. The summed E-state index contributed by atoms with van der Waals surface area (Å²) in [6.45, 7) is 11.9. The molecule has 1 unspecified atom stereocenters. The molecule has 0 aromatic rings. The van der Waals surface area contributed by atoms with Crippen LogP contribution < -0.4 is 10.6 Å². The molecule has 0 saturated heterocycles. The van der Waals surface area contributed by atoms with Crippen molar-refractivity contribution in [2.45, 2.75) is 39.3 Å². The lowest BCUT2D eigenvalue weighted by Gasteiger charge is -2.24. The molecule has 0 aromatic carbocycles. The minimum atomic E-state index is 0.0188. The molecular weight excluding hydrogens is 168 g/mol. The Balaban J connectivity index is 3.82. The number of hydrogen-bond acceptors (Lipinski definition) is 1. The van der Waals surface area contributed by atoms with Gasteiger partial charge in [-0.15, -0.1) is 6.58 Å². The molecular formula is C9H18N2S. The first-order valence-electron chi connectivity index (χ1n) is 4.06. The van der Waals surface area contributed by atoms with E-state index in [1.165, 1.54) is 0 Å². The third-order valence-electron chi connectivity index (χ3n) is 1.20. The van der Waals surface area contributed by atoms with Crippen molar-refractivity contribution >= 4 is 17.3 Å². The van der Waals surface area contributed by atoms with Crippen LogP contribution >= 0.6 is 12.2 Å². The van der Waals surface area contributed by atoms with E-state index in [0.717, 1.165) is 0 Å². The van der Waals surface area contributed by atoms with Crippen LogP contribution in [-0.2, 0) is 0 Å². The van der Waals surface area contributed by atoms with Crippen LogP contribution in [0.3, 0.4) is 0 Å². The molecule has 0 rings (SSSR count). The normalized spacial score (nSPS) is 13.3. The highest BCUT2D eigenvalue weighted by Crippen LogP contribution is 1.97. The quantitative estimate of drug-likeness (QED) is 0.508. The molecule has 0 aliphatic rings. The molecule has 0 fully saturated rings. The molecule has 0 amide bonds. The molecule has 0 radical (unpaired) electrons. The summed E-state index contributed by atoms with van der Waals surface area (Å²) in [6.07, 6.45) is 1.82.